The lowest BCUT2D eigenvalue weighted by Crippen LogP contribution is -2.57. The topological polar surface area (TPSA) is 90.6 Å². The second-order valence-corrected chi connectivity index (χ2v) is 6.32. The standard InChI is InChI=1S/C21H20N2O4/c1-2-27-20(26)21(14-22)17(15-9-5-3-6-10-15)13-18(24)23(21)19(25)16-11-7-4-8-12-16/h3-12,17-18,24H,2,13H2,1H3/t17-,18+,21+/m0/s1. The van der Waals surface area contributed by atoms with Gasteiger partial charge in [0.05, 0.1) is 6.61 Å². The smallest absolute Gasteiger partial charge is 0.347 e. The first-order chi connectivity index (χ1) is 13.1. The molecule has 1 amide bonds. The van der Waals surface area contributed by atoms with Gasteiger partial charge in [-0.15, -0.1) is 0 Å². The van der Waals surface area contributed by atoms with Crippen LogP contribution in [0.5, 0.6) is 0 Å². The lowest BCUT2D eigenvalue weighted by atomic mass is 9.80. The quantitative estimate of drug-likeness (QED) is 0.842. The molecule has 1 saturated heterocycles. The van der Waals surface area contributed by atoms with Gasteiger partial charge in [0, 0.05) is 17.9 Å². The molecule has 3 rings (SSSR count). The van der Waals surface area contributed by atoms with Gasteiger partial charge in [-0.3, -0.25) is 9.69 Å². The van der Waals surface area contributed by atoms with Crippen molar-refractivity contribution >= 4 is 11.9 Å². The molecule has 1 aliphatic heterocycles. The lowest BCUT2D eigenvalue weighted by molar-refractivity contribution is -0.154. The van der Waals surface area contributed by atoms with Crippen molar-refractivity contribution in [3.8, 4) is 6.07 Å². The van der Waals surface area contributed by atoms with Gasteiger partial charge in [0.2, 0.25) is 5.54 Å². The lowest BCUT2D eigenvalue weighted by Gasteiger charge is -2.35. The summed E-state index contributed by atoms with van der Waals surface area (Å²) in [6.45, 7) is 1.70. The van der Waals surface area contributed by atoms with Crippen molar-refractivity contribution in [1.29, 1.82) is 5.26 Å². The minimum absolute atomic E-state index is 0.0627. The van der Waals surface area contributed by atoms with Gasteiger partial charge in [-0.2, -0.15) is 5.26 Å². The molecule has 1 aliphatic rings. The normalized spacial score (nSPS) is 24.3. The highest BCUT2D eigenvalue weighted by Crippen LogP contribution is 2.46. The minimum atomic E-state index is -1.94. The fraction of sp³-hybridized carbons (Fsp3) is 0.286. The van der Waals surface area contributed by atoms with E-state index in [9.17, 15) is 20.0 Å². The molecule has 6 nitrogen and oxygen atoms in total. The van der Waals surface area contributed by atoms with Crippen LogP contribution in [0.4, 0.5) is 0 Å². The Balaban J connectivity index is 2.14. The third-order valence-electron chi connectivity index (χ3n) is 4.83. The van der Waals surface area contributed by atoms with Gasteiger partial charge in [-0.25, -0.2) is 4.79 Å². The number of rotatable bonds is 4. The molecule has 1 N–H and O–H groups in total. The Kier molecular flexibility index (Phi) is 5.24. The number of aliphatic hydroxyl groups excluding tert-OH is 1. The van der Waals surface area contributed by atoms with E-state index in [1.54, 1.807) is 61.5 Å². The first kappa shape index (κ1) is 18.6. The molecule has 1 heterocycles. The highest BCUT2D eigenvalue weighted by molar-refractivity contribution is 6.00. The largest absolute Gasteiger partial charge is 0.463 e. The Morgan fingerprint density at radius 3 is 2.33 bits per heavy atom. The van der Waals surface area contributed by atoms with E-state index in [0.717, 1.165) is 4.90 Å². The number of hydrogen-bond donors (Lipinski definition) is 1. The van der Waals surface area contributed by atoms with Crippen molar-refractivity contribution in [2.75, 3.05) is 6.61 Å². The number of nitrogens with zero attached hydrogens (tertiary/aromatic N) is 2. The van der Waals surface area contributed by atoms with Crippen LogP contribution < -0.4 is 0 Å². The van der Waals surface area contributed by atoms with E-state index in [1.165, 1.54) is 0 Å². The number of carbonyl (C=O) groups excluding carboxylic acids is 2. The number of benzene rings is 2. The van der Waals surface area contributed by atoms with Gasteiger partial charge in [0.15, 0.2) is 0 Å². The van der Waals surface area contributed by atoms with Crippen molar-refractivity contribution < 1.29 is 19.4 Å². The Morgan fingerprint density at radius 1 is 1.19 bits per heavy atom. The van der Waals surface area contributed by atoms with Crippen molar-refractivity contribution in [1.82, 2.24) is 4.90 Å². The van der Waals surface area contributed by atoms with E-state index in [2.05, 4.69) is 0 Å². The molecule has 0 aliphatic carbocycles. The zero-order chi connectivity index (χ0) is 19.4. The van der Waals surface area contributed by atoms with Gasteiger partial charge < -0.3 is 9.84 Å². The van der Waals surface area contributed by atoms with Crippen LogP contribution in [0.2, 0.25) is 0 Å². The molecule has 0 unspecified atom stereocenters. The number of carbonyl (C=O) groups is 2. The third-order valence-corrected chi connectivity index (χ3v) is 4.83. The number of hydrogen-bond acceptors (Lipinski definition) is 5. The van der Waals surface area contributed by atoms with Crippen LogP contribution in [-0.4, -0.2) is 40.3 Å². The Labute approximate surface area is 157 Å². The summed E-state index contributed by atoms with van der Waals surface area (Å²) in [5, 5.41) is 20.8. The molecule has 0 aromatic heterocycles. The number of aliphatic hydroxyl groups is 1. The summed E-state index contributed by atoms with van der Waals surface area (Å²) in [4.78, 5) is 27.0. The Hall–Kier alpha value is -3.17. The predicted octanol–water partition coefficient (Wildman–Crippen LogP) is 2.46. The molecule has 3 atom stereocenters. The van der Waals surface area contributed by atoms with Gasteiger partial charge >= 0.3 is 5.97 Å². The molecule has 0 spiro atoms. The van der Waals surface area contributed by atoms with Crippen molar-refractivity contribution in [3.05, 3.63) is 71.8 Å². The SMILES string of the molecule is CCOC(=O)[C@@]1(C#N)[C@H](c2ccccc2)C[C@@H](O)N1C(=O)c1ccccc1. The van der Waals surface area contributed by atoms with Crippen LogP contribution in [0.25, 0.3) is 0 Å². The minimum Gasteiger partial charge on any atom is -0.463 e. The third kappa shape index (κ3) is 3.07. The Morgan fingerprint density at radius 2 is 1.78 bits per heavy atom. The number of nitriles is 1. The van der Waals surface area contributed by atoms with Crippen molar-refractivity contribution in [2.24, 2.45) is 0 Å². The van der Waals surface area contributed by atoms with E-state index in [-0.39, 0.29) is 18.6 Å². The zero-order valence-electron chi connectivity index (χ0n) is 14.9. The molecule has 138 valence electrons. The molecule has 2 aromatic rings. The summed E-state index contributed by atoms with van der Waals surface area (Å²) < 4.78 is 5.17. The van der Waals surface area contributed by atoms with Crippen LogP contribution in [0.1, 0.15) is 35.2 Å². The maximum atomic E-state index is 13.1. The molecule has 27 heavy (non-hydrogen) atoms. The number of likely N-dealkylation sites (tertiary alicyclic amines) is 1. The average Bonchev–Trinajstić information content (AvgIpc) is 3.02. The summed E-state index contributed by atoms with van der Waals surface area (Å²) in [5.74, 6) is -2.12. The van der Waals surface area contributed by atoms with Gasteiger partial charge in [-0.05, 0) is 24.6 Å². The highest BCUT2D eigenvalue weighted by atomic mass is 16.5. The monoisotopic (exact) mass is 364 g/mol. The van der Waals surface area contributed by atoms with E-state index in [0.29, 0.717) is 5.56 Å². The second-order valence-electron chi connectivity index (χ2n) is 6.32. The van der Waals surface area contributed by atoms with Crippen LogP contribution in [0.15, 0.2) is 60.7 Å². The van der Waals surface area contributed by atoms with Crippen LogP contribution >= 0.6 is 0 Å². The first-order valence-corrected chi connectivity index (χ1v) is 8.76. The molecule has 6 heteroatoms. The number of amides is 1. The molecule has 0 bridgehead atoms. The van der Waals surface area contributed by atoms with E-state index >= 15 is 0 Å². The van der Waals surface area contributed by atoms with Crippen LogP contribution in [-0.2, 0) is 9.53 Å². The van der Waals surface area contributed by atoms with E-state index in [4.69, 9.17) is 4.74 Å². The fourth-order valence-corrected chi connectivity index (χ4v) is 3.63. The average molecular weight is 364 g/mol. The summed E-state index contributed by atoms with van der Waals surface area (Å²) >= 11 is 0. The van der Waals surface area contributed by atoms with Crippen LogP contribution in [0.3, 0.4) is 0 Å². The van der Waals surface area contributed by atoms with Gasteiger partial charge in [0.25, 0.3) is 5.91 Å². The molecule has 1 fully saturated rings. The number of esters is 1. The maximum Gasteiger partial charge on any atom is 0.347 e. The zero-order valence-corrected chi connectivity index (χ0v) is 14.9. The van der Waals surface area contributed by atoms with Crippen molar-refractivity contribution in [2.45, 2.75) is 31.0 Å². The summed E-state index contributed by atoms with van der Waals surface area (Å²) in [6, 6.07) is 19.2. The highest BCUT2D eigenvalue weighted by Gasteiger charge is 2.62. The maximum absolute atomic E-state index is 13.1. The van der Waals surface area contributed by atoms with E-state index < -0.39 is 29.6 Å². The molecular formula is C21H20N2O4. The fourth-order valence-electron chi connectivity index (χ4n) is 3.63. The predicted molar refractivity (Wildman–Crippen MR) is 97.4 cm³/mol. The molecular weight excluding hydrogens is 344 g/mol. The van der Waals surface area contributed by atoms with Gasteiger partial charge in [-0.1, -0.05) is 48.5 Å². The second kappa shape index (κ2) is 7.60. The van der Waals surface area contributed by atoms with E-state index in [1.807, 2.05) is 12.1 Å². The number of ether oxygens (including phenoxy) is 1. The molecule has 0 saturated carbocycles. The molecule has 0 radical (unpaired) electrons. The summed E-state index contributed by atoms with van der Waals surface area (Å²) in [5.41, 5.74) is -0.965. The first-order valence-electron chi connectivity index (χ1n) is 8.76. The van der Waals surface area contributed by atoms with Crippen molar-refractivity contribution in [3.63, 3.8) is 0 Å². The Bertz CT molecular complexity index is 863. The summed E-state index contributed by atoms with van der Waals surface area (Å²) in [7, 11) is 0. The molecule has 2 aromatic carbocycles. The van der Waals surface area contributed by atoms with Gasteiger partial charge in [0.1, 0.15) is 12.3 Å². The summed E-state index contributed by atoms with van der Waals surface area (Å²) in [6.07, 6.45) is -1.22. The van der Waals surface area contributed by atoms with Crippen LogP contribution in [0, 0.1) is 11.3 Å².